The number of hydrogen-bond acceptors (Lipinski definition) is 6. The number of aliphatic hydroxyl groups is 1. The average molecular weight is 688 g/mol. The van der Waals surface area contributed by atoms with E-state index in [1.165, 1.54) is 11.1 Å². The van der Waals surface area contributed by atoms with E-state index in [0.717, 1.165) is 59.1 Å². The number of nitrogens with zero attached hydrogens (tertiary/aromatic N) is 1. The largest absolute Gasteiger partial charge is 0.492 e. The third-order valence-corrected chi connectivity index (χ3v) is 8.15. The van der Waals surface area contributed by atoms with Gasteiger partial charge in [0.1, 0.15) is 12.4 Å². The Balaban J connectivity index is 0.000000425. The second kappa shape index (κ2) is 19.1. The van der Waals surface area contributed by atoms with E-state index >= 15 is 0 Å². The summed E-state index contributed by atoms with van der Waals surface area (Å²) in [5, 5.41) is 34.5. The molecule has 4 N–H and O–H groups in total. The summed E-state index contributed by atoms with van der Waals surface area (Å²) in [5.41, 5.74) is 4.02. The first-order chi connectivity index (χ1) is 23.4. The number of likely N-dealkylation sites (N-methyl/N-ethyl adjacent to an activating group) is 1. The quantitative estimate of drug-likeness (QED) is 0.0924. The molecule has 10 heteroatoms. The first-order valence-electron chi connectivity index (χ1n) is 15.9. The van der Waals surface area contributed by atoms with Crippen LogP contribution in [0.5, 0.6) is 5.75 Å². The van der Waals surface area contributed by atoms with Gasteiger partial charge >= 0.3 is 17.9 Å². The van der Waals surface area contributed by atoms with Crippen LogP contribution in [0, 0.1) is 0 Å². The number of rotatable bonds is 16. The third kappa shape index (κ3) is 12.2. The van der Waals surface area contributed by atoms with Gasteiger partial charge in [0.2, 0.25) is 0 Å². The number of aliphatic carboxylic acids is 3. The maximum Gasteiger partial charge on any atom is 0.336 e. The van der Waals surface area contributed by atoms with Crippen molar-refractivity contribution in [2.75, 3.05) is 26.2 Å². The van der Waals surface area contributed by atoms with Gasteiger partial charge in [0.25, 0.3) is 0 Å². The molecule has 0 heterocycles. The molecule has 0 fully saturated rings. The first-order valence-corrected chi connectivity index (χ1v) is 16.3. The number of carboxylic acids is 3. The van der Waals surface area contributed by atoms with Crippen LogP contribution in [0.1, 0.15) is 54.5 Å². The topological polar surface area (TPSA) is 145 Å². The van der Waals surface area contributed by atoms with Crippen molar-refractivity contribution in [3.63, 3.8) is 0 Å². The molecular formula is C39H42ClNO8. The molecule has 0 aromatic heterocycles. The maximum atomic E-state index is 10.3. The Morgan fingerprint density at radius 3 is 1.61 bits per heavy atom. The lowest BCUT2D eigenvalue weighted by molar-refractivity contribution is -0.170. The van der Waals surface area contributed by atoms with Crippen molar-refractivity contribution >= 4 is 40.1 Å². The summed E-state index contributed by atoms with van der Waals surface area (Å²) in [6, 6.07) is 37.7. The van der Waals surface area contributed by atoms with Crippen molar-refractivity contribution in [3.8, 4) is 5.75 Å². The summed E-state index contributed by atoms with van der Waals surface area (Å²) in [4.78, 5) is 32.8. The first kappa shape index (κ1) is 38.5. The van der Waals surface area contributed by atoms with Gasteiger partial charge in [0.05, 0.1) is 17.9 Å². The molecule has 0 saturated carbocycles. The predicted molar refractivity (Wildman–Crippen MR) is 191 cm³/mol. The predicted octanol–water partition coefficient (Wildman–Crippen LogP) is 6.90. The molecule has 49 heavy (non-hydrogen) atoms. The number of halogens is 1. The van der Waals surface area contributed by atoms with Crippen LogP contribution in [-0.2, 0) is 20.8 Å². The molecule has 0 aliphatic rings. The molecule has 4 aromatic carbocycles. The van der Waals surface area contributed by atoms with Crippen molar-refractivity contribution in [3.05, 3.63) is 137 Å². The van der Waals surface area contributed by atoms with Gasteiger partial charge in [0, 0.05) is 12.1 Å². The number of ether oxygens (including phenoxy) is 1. The van der Waals surface area contributed by atoms with Gasteiger partial charge in [0.15, 0.2) is 5.60 Å². The Labute approximate surface area is 291 Å². The Morgan fingerprint density at radius 1 is 0.673 bits per heavy atom. The molecule has 0 amide bonds. The minimum Gasteiger partial charge on any atom is -0.492 e. The molecule has 4 rings (SSSR count). The zero-order valence-corrected chi connectivity index (χ0v) is 28.3. The van der Waals surface area contributed by atoms with E-state index in [9.17, 15) is 14.4 Å². The highest BCUT2D eigenvalue weighted by Gasteiger charge is 2.40. The van der Waals surface area contributed by atoms with Crippen molar-refractivity contribution in [1.82, 2.24) is 4.90 Å². The van der Waals surface area contributed by atoms with Gasteiger partial charge < -0.3 is 30.1 Å². The highest BCUT2D eigenvalue weighted by molar-refractivity contribution is 6.53. The van der Waals surface area contributed by atoms with Gasteiger partial charge in [-0.05, 0) is 59.5 Å². The number of hydrogen-bond donors (Lipinski definition) is 4. The van der Waals surface area contributed by atoms with Crippen molar-refractivity contribution in [1.29, 1.82) is 0 Å². The molecule has 0 unspecified atom stereocenters. The molecule has 9 nitrogen and oxygen atoms in total. The molecule has 0 radical (unpaired) electrons. The lowest BCUT2D eigenvalue weighted by Gasteiger charge is -2.18. The fourth-order valence-corrected chi connectivity index (χ4v) is 5.38. The smallest absolute Gasteiger partial charge is 0.336 e. The second-order valence-electron chi connectivity index (χ2n) is 11.3. The zero-order chi connectivity index (χ0) is 35.8. The third-order valence-electron chi connectivity index (χ3n) is 7.74. The minimum atomic E-state index is -2.74. The average Bonchev–Trinajstić information content (AvgIpc) is 3.08. The molecule has 0 aliphatic heterocycles. The summed E-state index contributed by atoms with van der Waals surface area (Å²) in [6.07, 6.45) is -1.38. The van der Waals surface area contributed by atoms with Gasteiger partial charge in [-0.1, -0.05) is 123 Å². The van der Waals surface area contributed by atoms with E-state index < -0.39 is 36.4 Å². The summed E-state index contributed by atoms with van der Waals surface area (Å²) >= 11 is 7.04. The number of carboxylic acid groups (broad SMARTS) is 3. The summed E-state index contributed by atoms with van der Waals surface area (Å²) < 4.78 is 6.01. The fourth-order valence-electron chi connectivity index (χ4n) is 5.03. The SMILES string of the molecule is CCN(CC)CCOc1ccc(/C(=C(\Cl)c2ccccc2)c2ccc(Cc3ccccc3)cc2)cc1.O=C(O)CC(O)(CC(=O)O)C(=O)O. The van der Waals surface area contributed by atoms with E-state index in [1.54, 1.807) is 0 Å². The van der Waals surface area contributed by atoms with Crippen LogP contribution < -0.4 is 4.74 Å². The van der Waals surface area contributed by atoms with Crippen LogP contribution in [0.15, 0.2) is 109 Å². The highest BCUT2D eigenvalue weighted by Crippen LogP contribution is 2.35. The number of carbonyl (C=O) groups is 3. The van der Waals surface area contributed by atoms with Crippen LogP contribution in [0.3, 0.4) is 0 Å². The molecule has 258 valence electrons. The Hall–Kier alpha value is -4.96. The van der Waals surface area contributed by atoms with E-state index in [4.69, 9.17) is 36.8 Å². The standard InChI is InChI=1S/C33H34ClNO.C6H8O7/c1-3-35(4-2)23-24-36-31-21-19-29(20-22-31)32(33(34)30-13-9-6-10-14-30)28-17-15-27(16-18-28)25-26-11-7-5-8-12-26;7-3(8)1-6(13,5(11)12)2-4(9)10/h5-22H,3-4,23-25H2,1-2H3;13H,1-2H2,(H,7,8)(H,9,10)(H,11,12)/b33-32-;. The summed E-state index contributed by atoms with van der Waals surface area (Å²) in [7, 11) is 0. The van der Waals surface area contributed by atoms with E-state index in [-0.39, 0.29) is 0 Å². The molecule has 0 saturated heterocycles. The van der Waals surface area contributed by atoms with E-state index in [2.05, 4.69) is 97.6 Å². The maximum absolute atomic E-state index is 10.3. The van der Waals surface area contributed by atoms with Gasteiger partial charge in [-0.15, -0.1) is 0 Å². The normalized spacial score (nSPS) is 11.6. The van der Waals surface area contributed by atoms with E-state index in [1.807, 2.05) is 30.3 Å². The highest BCUT2D eigenvalue weighted by atomic mass is 35.5. The molecule has 0 aliphatic carbocycles. The van der Waals surface area contributed by atoms with Gasteiger partial charge in [-0.3, -0.25) is 9.59 Å². The van der Waals surface area contributed by atoms with Crippen LogP contribution in [-0.4, -0.2) is 75.1 Å². The number of benzene rings is 4. The van der Waals surface area contributed by atoms with Crippen LogP contribution >= 0.6 is 11.6 Å². The lowest BCUT2D eigenvalue weighted by atomic mass is 9.93. The second-order valence-corrected chi connectivity index (χ2v) is 11.7. The van der Waals surface area contributed by atoms with Crippen molar-refractivity contribution in [2.24, 2.45) is 0 Å². The Bertz CT molecular complexity index is 1650. The summed E-state index contributed by atoms with van der Waals surface area (Å²) in [5.74, 6) is -4.14. The molecule has 4 aromatic rings. The Kier molecular flexibility index (Phi) is 15.0. The van der Waals surface area contributed by atoms with Gasteiger partial charge in [-0.2, -0.15) is 0 Å². The zero-order valence-electron chi connectivity index (χ0n) is 27.6. The van der Waals surface area contributed by atoms with Crippen molar-refractivity contribution in [2.45, 2.75) is 38.7 Å². The van der Waals surface area contributed by atoms with Gasteiger partial charge in [-0.25, -0.2) is 4.79 Å². The molecule has 0 spiro atoms. The van der Waals surface area contributed by atoms with E-state index in [0.29, 0.717) is 6.61 Å². The monoisotopic (exact) mass is 687 g/mol. The Morgan fingerprint density at radius 2 is 1.14 bits per heavy atom. The lowest BCUT2D eigenvalue weighted by Crippen LogP contribution is -2.42. The molecule has 0 bridgehead atoms. The fraction of sp³-hybridized carbons (Fsp3) is 0.256. The van der Waals surface area contributed by atoms with Crippen LogP contribution in [0.2, 0.25) is 0 Å². The molecule has 0 atom stereocenters. The van der Waals surface area contributed by atoms with Crippen LogP contribution in [0.25, 0.3) is 10.6 Å². The summed E-state index contributed by atoms with van der Waals surface area (Å²) in [6.45, 7) is 8.03. The van der Waals surface area contributed by atoms with Crippen molar-refractivity contribution < 1.29 is 39.5 Å². The molecular weight excluding hydrogens is 646 g/mol. The van der Waals surface area contributed by atoms with Crippen LogP contribution in [0.4, 0.5) is 0 Å². The minimum absolute atomic E-state index is 0.678.